The Morgan fingerprint density at radius 2 is 1.94 bits per heavy atom. The smallest absolute Gasteiger partial charge is 0.333 e. The van der Waals surface area contributed by atoms with Gasteiger partial charge in [0.1, 0.15) is 0 Å². The molecule has 0 aliphatic rings. The zero-order valence-electron chi connectivity index (χ0n) is 10.9. The SMILES string of the molecule is Cc1ccc(C[C@@H](OC(C)C)C(=O)O)cc1C. The quantitative estimate of drug-likeness (QED) is 0.855. The van der Waals surface area contributed by atoms with Crippen molar-refractivity contribution in [2.45, 2.75) is 46.3 Å². The van der Waals surface area contributed by atoms with Crippen LogP contribution in [0, 0.1) is 13.8 Å². The second kappa shape index (κ2) is 5.82. The molecule has 0 saturated heterocycles. The molecule has 0 heterocycles. The van der Waals surface area contributed by atoms with Gasteiger partial charge >= 0.3 is 5.97 Å². The minimum atomic E-state index is -0.906. The van der Waals surface area contributed by atoms with E-state index in [1.807, 2.05) is 45.9 Å². The van der Waals surface area contributed by atoms with Crippen LogP contribution in [-0.4, -0.2) is 23.3 Å². The highest BCUT2D eigenvalue weighted by atomic mass is 16.5. The standard InChI is InChI=1S/C14H20O3/c1-9(2)17-13(14(15)16)8-12-6-5-10(3)11(4)7-12/h5-7,9,13H,8H2,1-4H3,(H,15,16)/t13-/m1/s1. The van der Waals surface area contributed by atoms with E-state index in [0.717, 1.165) is 5.56 Å². The minimum absolute atomic E-state index is 0.0809. The third kappa shape index (κ3) is 4.19. The van der Waals surface area contributed by atoms with Crippen molar-refractivity contribution in [3.63, 3.8) is 0 Å². The Morgan fingerprint density at radius 1 is 1.29 bits per heavy atom. The van der Waals surface area contributed by atoms with Crippen LogP contribution in [-0.2, 0) is 16.0 Å². The van der Waals surface area contributed by atoms with Crippen molar-refractivity contribution >= 4 is 5.97 Å². The summed E-state index contributed by atoms with van der Waals surface area (Å²) in [6.07, 6.45) is -0.436. The highest BCUT2D eigenvalue weighted by Crippen LogP contribution is 2.13. The molecule has 0 aliphatic carbocycles. The molecule has 3 nitrogen and oxygen atoms in total. The van der Waals surface area contributed by atoms with Gasteiger partial charge in [0.05, 0.1) is 6.10 Å². The Morgan fingerprint density at radius 3 is 2.41 bits per heavy atom. The Kier molecular flexibility index (Phi) is 4.70. The second-order valence-electron chi connectivity index (χ2n) is 4.63. The van der Waals surface area contributed by atoms with Crippen molar-refractivity contribution in [1.82, 2.24) is 0 Å². The van der Waals surface area contributed by atoms with E-state index in [1.165, 1.54) is 11.1 Å². The van der Waals surface area contributed by atoms with E-state index in [4.69, 9.17) is 9.84 Å². The van der Waals surface area contributed by atoms with Gasteiger partial charge in [-0.25, -0.2) is 4.79 Å². The lowest BCUT2D eigenvalue weighted by atomic mass is 10.0. The fourth-order valence-electron chi connectivity index (χ4n) is 1.67. The summed E-state index contributed by atoms with van der Waals surface area (Å²) in [7, 11) is 0. The zero-order valence-corrected chi connectivity index (χ0v) is 10.9. The van der Waals surface area contributed by atoms with Gasteiger partial charge in [-0.05, 0) is 44.4 Å². The van der Waals surface area contributed by atoms with Crippen LogP contribution in [0.3, 0.4) is 0 Å². The van der Waals surface area contributed by atoms with Crippen molar-refractivity contribution in [3.05, 3.63) is 34.9 Å². The molecule has 1 rings (SSSR count). The maximum absolute atomic E-state index is 11.1. The Bertz CT molecular complexity index is 396. The summed E-state index contributed by atoms with van der Waals surface area (Å²) in [6.45, 7) is 7.75. The molecule has 17 heavy (non-hydrogen) atoms. The molecular formula is C14H20O3. The molecule has 0 radical (unpaired) electrons. The number of carbonyl (C=O) groups is 1. The molecule has 0 unspecified atom stereocenters. The van der Waals surface area contributed by atoms with Crippen LogP contribution in [0.1, 0.15) is 30.5 Å². The molecule has 0 saturated carbocycles. The number of benzene rings is 1. The van der Waals surface area contributed by atoms with Gasteiger partial charge in [-0.1, -0.05) is 18.2 Å². The number of carboxylic acid groups (broad SMARTS) is 1. The normalized spacial score (nSPS) is 12.8. The van der Waals surface area contributed by atoms with Gasteiger partial charge < -0.3 is 9.84 Å². The highest BCUT2D eigenvalue weighted by molar-refractivity contribution is 5.72. The van der Waals surface area contributed by atoms with E-state index in [0.29, 0.717) is 6.42 Å². The summed E-state index contributed by atoms with van der Waals surface area (Å²) in [6, 6.07) is 6.00. The third-order valence-corrected chi connectivity index (χ3v) is 2.70. The van der Waals surface area contributed by atoms with Crippen LogP contribution in [0.15, 0.2) is 18.2 Å². The molecule has 0 spiro atoms. The molecule has 1 N–H and O–H groups in total. The van der Waals surface area contributed by atoms with Crippen molar-refractivity contribution < 1.29 is 14.6 Å². The molecule has 1 aromatic rings. The molecule has 1 aromatic carbocycles. The average molecular weight is 236 g/mol. The number of rotatable bonds is 5. The predicted molar refractivity (Wildman–Crippen MR) is 67.3 cm³/mol. The summed E-state index contributed by atoms with van der Waals surface area (Å²) in [5.74, 6) is -0.906. The number of hydrogen-bond donors (Lipinski definition) is 1. The van der Waals surface area contributed by atoms with Gasteiger partial charge in [-0.15, -0.1) is 0 Å². The second-order valence-corrected chi connectivity index (χ2v) is 4.63. The first-order valence-electron chi connectivity index (χ1n) is 5.84. The maximum Gasteiger partial charge on any atom is 0.333 e. The molecule has 0 aromatic heterocycles. The number of ether oxygens (including phenoxy) is 1. The van der Waals surface area contributed by atoms with Gasteiger partial charge in [0, 0.05) is 6.42 Å². The molecule has 0 bridgehead atoms. The van der Waals surface area contributed by atoms with Crippen molar-refractivity contribution in [1.29, 1.82) is 0 Å². The fourth-order valence-corrected chi connectivity index (χ4v) is 1.67. The van der Waals surface area contributed by atoms with E-state index >= 15 is 0 Å². The predicted octanol–water partition coefficient (Wildman–Crippen LogP) is 2.72. The van der Waals surface area contributed by atoms with Gasteiger partial charge in [0.25, 0.3) is 0 Å². The summed E-state index contributed by atoms with van der Waals surface area (Å²) in [5.41, 5.74) is 3.39. The van der Waals surface area contributed by atoms with Crippen LogP contribution < -0.4 is 0 Å². The van der Waals surface area contributed by atoms with Crippen LogP contribution in [0.2, 0.25) is 0 Å². The molecule has 0 amide bonds. The molecule has 3 heteroatoms. The molecular weight excluding hydrogens is 216 g/mol. The summed E-state index contributed by atoms with van der Waals surface area (Å²) in [5, 5.41) is 9.08. The number of aryl methyl sites for hydroxylation is 2. The van der Waals surface area contributed by atoms with Gasteiger partial charge in [0.2, 0.25) is 0 Å². The van der Waals surface area contributed by atoms with Crippen molar-refractivity contribution in [2.24, 2.45) is 0 Å². The first kappa shape index (κ1) is 13.7. The number of carboxylic acids is 1. The fraction of sp³-hybridized carbons (Fsp3) is 0.500. The number of hydrogen-bond acceptors (Lipinski definition) is 2. The minimum Gasteiger partial charge on any atom is -0.479 e. The van der Waals surface area contributed by atoms with Crippen LogP contribution in [0.4, 0.5) is 0 Å². The van der Waals surface area contributed by atoms with Gasteiger partial charge in [0.15, 0.2) is 6.10 Å². The van der Waals surface area contributed by atoms with Gasteiger partial charge in [-0.3, -0.25) is 0 Å². The molecule has 1 atom stereocenters. The summed E-state index contributed by atoms with van der Waals surface area (Å²) >= 11 is 0. The molecule has 0 aliphatic heterocycles. The van der Waals surface area contributed by atoms with E-state index in [1.54, 1.807) is 0 Å². The Hall–Kier alpha value is -1.35. The molecule has 94 valence electrons. The highest BCUT2D eigenvalue weighted by Gasteiger charge is 2.20. The van der Waals surface area contributed by atoms with E-state index in [9.17, 15) is 4.79 Å². The van der Waals surface area contributed by atoms with E-state index in [2.05, 4.69) is 0 Å². The monoisotopic (exact) mass is 236 g/mol. The summed E-state index contributed by atoms with van der Waals surface area (Å²) in [4.78, 5) is 11.1. The average Bonchev–Trinajstić information content (AvgIpc) is 2.21. The Balaban J connectivity index is 2.78. The molecule has 0 fully saturated rings. The lowest BCUT2D eigenvalue weighted by Gasteiger charge is -2.17. The van der Waals surface area contributed by atoms with Gasteiger partial charge in [-0.2, -0.15) is 0 Å². The van der Waals surface area contributed by atoms with Crippen LogP contribution >= 0.6 is 0 Å². The zero-order chi connectivity index (χ0) is 13.0. The summed E-state index contributed by atoms with van der Waals surface area (Å²) < 4.78 is 5.39. The van der Waals surface area contributed by atoms with Crippen LogP contribution in [0.5, 0.6) is 0 Å². The topological polar surface area (TPSA) is 46.5 Å². The third-order valence-electron chi connectivity index (χ3n) is 2.70. The first-order valence-corrected chi connectivity index (χ1v) is 5.84. The lowest BCUT2D eigenvalue weighted by molar-refractivity contribution is -0.153. The maximum atomic E-state index is 11.1. The first-order chi connectivity index (χ1) is 7.90. The largest absolute Gasteiger partial charge is 0.479 e. The van der Waals surface area contributed by atoms with E-state index in [-0.39, 0.29) is 6.10 Å². The van der Waals surface area contributed by atoms with E-state index < -0.39 is 12.1 Å². The lowest BCUT2D eigenvalue weighted by Crippen LogP contribution is -2.29. The van der Waals surface area contributed by atoms with Crippen molar-refractivity contribution in [2.75, 3.05) is 0 Å². The van der Waals surface area contributed by atoms with Crippen molar-refractivity contribution in [3.8, 4) is 0 Å². The Labute approximate surface area is 102 Å². The van der Waals surface area contributed by atoms with Crippen LogP contribution in [0.25, 0.3) is 0 Å². The number of aliphatic carboxylic acids is 1.